The van der Waals surface area contributed by atoms with Crippen molar-refractivity contribution in [1.82, 2.24) is 15.1 Å². The molecule has 21 heavy (non-hydrogen) atoms. The fourth-order valence-corrected chi connectivity index (χ4v) is 2.13. The van der Waals surface area contributed by atoms with Gasteiger partial charge < -0.3 is 11.1 Å². The lowest BCUT2D eigenvalue weighted by atomic mass is 9.83. The van der Waals surface area contributed by atoms with E-state index >= 15 is 0 Å². The summed E-state index contributed by atoms with van der Waals surface area (Å²) in [4.78, 5) is 12.3. The SMILES string of the molecule is CC(C)(C(=O)NCCCn1cccn1)c1ccc(N)cc1. The molecule has 2 rings (SSSR count). The Morgan fingerprint density at radius 3 is 2.67 bits per heavy atom. The molecule has 1 aromatic heterocycles. The Kier molecular flexibility index (Phi) is 4.62. The molecule has 0 aliphatic carbocycles. The monoisotopic (exact) mass is 286 g/mol. The van der Waals surface area contributed by atoms with Crippen molar-refractivity contribution >= 4 is 11.6 Å². The van der Waals surface area contributed by atoms with Crippen molar-refractivity contribution in [1.29, 1.82) is 0 Å². The Hall–Kier alpha value is -2.30. The Morgan fingerprint density at radius 1 is 1.33 bits per heavy atom. The van der Waals surface area contributed by atoms with Crippen LogP contribution in [0.4, 0.5) is 5.69 Å². The number of nitrogen functional groups attached to an aromatic ring is 1. The van der Waals surface area contributed by atoms with Crippen LogP contribution in [0.3, 0.4) is 0 Å². The highest BCUT2D eigenvalue weighted by atomic mass is 16.2. The summed E-state index contributed by atoms with van der Waals surface area (Å²) in [5.41, 5.74) is 6.77. The molecule has 5 nitrogen and oxygen atoms in total. The van der Waals surface area contributed by atoms with Gasteiger partial charge in [0.1, 0.15) is 0 Å². The predicted molar refractivity (Wildman–Crippen MR) is 83.7 cm³/mol. The van der Waals surface area contributed by atoms with Crippen molar-refractivity contribution in [2.45, 2.75) is 32.2 Å². The molecule has 1 aromatic carbocycles. The smallest absolute Gasteiger partial charge is 0.230 e. The molecule has 0 saturated heterocycles. The molecule has 0 aliphatic heterocycles. The minimum absolute atomic E-state index is 0.0211. The summed E-state index contributed by atoms with van der Waals surface area (Å²) in [5, 5.41) is 7.12. The summed E-state index contributed by atoms with van der Waals surface area (Å²) >= 11 is 0. The van der Waals surface area contributed by atoms with E-state index in [1.807, 2.05) is 55.1 Å². The summed E-state index contributed by atoms with van der Waals surface area (Å²) < 4.78 is 1.86. The van der Waals surface area contributed by atoms with Crippen LogP contribution in [0.25, 0.3) is 0 Å². The van der Waals surface area contributed by atoms with Crippen molar-refractivity contribution in [2.75, 3.05) is 12.3 Å². The Balaban J connectivity index is 1.85. The molecule has 0 spiro atoms. The highest BCUT2D eigenvalue weighted by molar-refractivity contribution is 5.87. The molecular weight excluding hydrogens is 264 g/mol. The molecule has 2 aromatic rings. The molecule has 112 valence electrons. The van der Waals surface area contributed by atoms with E-state index in [1.54, 1.807) is 6.20 Å². The number of nitrogens with two attached hydrogens (primary N) is 1. The zero-order chi connectivity index (χ0) is 15.3. The van der Waals surface area contributed by atoms with E-state index in [4.69, 9.17) is 5.73 Å². The van der Waals surface area contributed by atoms with Crippen LogP contribution in [0.1, 0.15) is 25.8 Å². The molecule has 1 amide bonds. The van der Waals surface area contributed by atoms with Gasteiger partial charge >= 0.3 is 0 Å². The van der Waals surface area contributed by atoms with Gasteiger partial charge in [0, 0.05) is 31.2 Å². The van der Waals surface area contributed by atoms with Crippen molar-refractivity contribution in [2.24, 2.45) is 0 Å². The first-order chi connectivity index (χ1) is 10.00. The molecule has 0 radical (unpaired) electrons. The maximum absolute atomic E-state index is 12.3. The number of aryl methyl sites for hydroxylation is 1. The minimum atomic E-state index is -0.570. The third-order valence-electron chi connectivity index (χ3n) is 3.61. The molecule has 0 unspecified atom stereocenters. The second-order valence-electron chi connectivity index (χ2n) is 5.63. The average Bonchev–Trinajstić information content (AvgIpc) is 2.97. The third-order valence-corrected chi connectivity index (χ3v) is 3.61. The minimum Gasteiger partial charge on any atom is -0.399 e. The predicted octanol–water partition coefficient (Wildman–Crippen LogP) is 1.95. The summed E-state index contributed by atoms with van der Waals surface area (Å²) in [6, 6.07) is 9.34. The van der Waals surface area contributed by atoms with Gasteiger partial charge in [-0.25, -0.2) is 0 Å². The zero-order valence-electron chi connectivity index (χ0n) is 12.5. The molecular formula is C16H22N4O. The number of carbonyl (C=O) groups is 1. The van der Waals surface area contributed by atoms with Crippen molar-refractivity contribution in [3.63, 3.8) is 0 Å². The third kappa shape index (κ3) is 3.84. The van der Waals surface area contributed by atoms with Gasteiger partial charge in [-0.15, -0.1) is 0 Å². The second kappa shape index (κ2) is 6.43. The molecule has 0 aliphatic rings. The first-order valence-electron chi connectivity index (χ1n) is 7.12. The zero-order valence-corrected chi connectivity index (χ0v) is 12.5. The summed E-state index contributed by atoms with van der Waals surface area (Å²) in [6.45, 7) is 5.27. The van der Waals surface area contributed by atoms with Crippen molar-refractivity contribution in [3.8, 4) is 0 Å². The normalized spacial score (nSPS) is 11.3. The lowest BCUT2D eigenvalue weighted by molar-refractivity contribution is -0.125. The molecule has 0 saturated carbocycles. The largest absolute Gasteiger partial charge is 0.399 e. The summed E-state index contributed by atoms with van der Waals surface area (Å²) in [6.07, 6.45) is 4.52. The van der Waals surface area contributed by atoms with E-state index in [1.165, 1.54) is 0 Å². The van der Waals surface area contributed by atoms with Crippen LogP contribution >= 0.6 is 0 Å². The number of amides is 1. The van der Waals surface area contributed by atoms with Gasteiger partial charge in [-0.05, 0) is 44.0 Å². The van der Waals surface area contributed by atoms with Crippen LogP contribution in [-0.2, 0) is 16.8 Å². The van der Waals surface area contributed by atoms with E-state index in [2.05, 4.69) is 10.4 Å². The number of rotatable bonds is 6. The molecule has 0 fully saturated rings. The van der Waals surface area contributed by atoms with E-state index in [0.29, 0.717) is 12.2 Å². The first kappa shape index (κ1) is 15.1. The van der Waals surface area contributed by atoms with Crippen LogP contribution in [0, 0.1) is 0 Å². The highest BCUT2D eigenvalue weighted by Gasteiger charge is 2.29. The van der Waals surface area contributed by atoms with Crippen LogP contribution < -0.4 is 11.1 Å². The molecule has 3 N–H and O–H groups in total. The van der Waals surface area contributed by atoms with E-state index in [9.17, 15) is 4.79 Å². The number of nitrogens with one attached hydrogen (secondary N) is 1. The van der Waals surface area contributed by atoms with E-state index < -0.39 is 5.41 Å². The molecule has 0 bridgehead atoms. The number of anilines is 1. The molecule has 5 heteroatoms. The lowest BCUT2D eigenvalue weighted by Gasteiger charge is -2.24. The molecule has 1 heterocycles. The van der Waals surface area contributed by atoms with Crippen LogP contribution in [0.5, 0.6) is 0 Å². The average molecular weight is 286 g/mol. The van der Waals surface area contributed by atoms with Crippen molar-refractivity contribution in [3.05, 3.63) is 48.3 Å². The maximum Gasteiger partial charge on any atom is 0.230 e. The van der Waals surface area contributed by atoms with Gasteiger partial charge in [0.2, 0.25) is 5.91 Å². The standard InChI is InChI=1S/C16H22N4O/c1-16(2,13-5-7-14(17)8-6-13)15(21)18-9-3-11-20-12-4-10-19-20/h4-8,10,12H,3,9,11,17H2,1-2H3,(H,18,21). The number of hydrogen-bond donors (Lipinski definition) is 2. The Bertz CT molecular complexity index is 573. The summed E-state index contributed by atoms with van der Waals surface area (Å²) in [7, 11) is 0. The van der Waals surface area contributed by atoms with Gasteiger partial charge in [-0.2, -0.15) is 5.10 Å². The van der Waals surface area contributed by atoms with E-state index in [0.717, 1.165) is 18.5 Å². The highest BCUT2D eigenvalue weighted by Crippen LogP contribution is 2.24. The van der Waals surface area contributed by atoms with Crippen LogP contribution in [0.15, 0.2) is 42.7 Å². The lowest BCUT2D eigenvalue weighted by Crippen LogP contribution is -2.40. The van der Waals surface area contributed by atoms with Gasteiger partial charge in [-0.3, -0.25) is 9.48 Å². The summed E-state index contributed by atoms with van der Waals surface area (Å²) in [5.74, 6) is 0.0211. The van der Waals surface area contributed by atoms with E-state index in [-0.39, 0.29) is 5.91 Å². The fourth-order valence-electron chi connectivity index (χ4n) is 2.13. The number of benzene rings is 1. The van der Waals surface area contributed by atoms with Gasteiger partial charge in [0.25, 0.3) is 0 Å². The van der Waals surface area contributed by atoms with Gasteiger partial charge in [0.05, 0.1) is 5.41 Å². The topological polar surface area (TPSA) is 72.9 Å². The van der Waals surface area contributed by atoms with Crippen LogP contribution in [-0.4, -0.2) is 22.2 Å². The second-order valence-corrected chi connectivity index (χ2v) is 5.63. The van der Waals surface area contributed by atoms with Crippen molar-refractivity contribution < 1.29 is 4.79 Å². The molecule has 0 atom stereocenters. The number of nitrogens with zero attached hydrogens (tertiary/aromatic N) is 2. The Morgan fingerprint density at radius 2 is 2.05 bits per heavy atom. The number of carbonyl (C=O) groups excluding carboxylic acids is 1. The van der Waals surface area contributed by atoms with Gasteiger partial charge in [0.15, 0.2) is 0 Å². The Labute approximate surface area is 125 Å². The first-order valence-corrected chi connectivity index (χ1v) is 7.12. The van der Waals surface area contributed by atoms with Crippen LogP contribution in [0.2, 0.25) is 0 Å². The fraction of sp³-hybridized carbons (Fsp3) is 0.375. The number of hydrogen-bond acceptors (Lipinski definition) is 3. The quantitative estimate of drug-likeness (QED) is 0.629. The van der Waals surface area contributed by atoms with Gasteiger partial charge in [-0.1, -0.05) is 12.1 Å². The maximum atomic E-state index is 12.3. The number of aromatic nitrogens is 2.